The summed E-state index contributed by atoms with van der Waals surface area (Å²) in [5.74, 6) is -0.657. The number of halogens is 1. The van der Waals surface area contributed by atoms with Crippen LogP contribution in [0.1, 0.15) is 16.8 Å². The van der Waals surface area contributed by atoms with Crippen LogP contribution in [-0.4, -0.2) is 35.3 Å². The van der Waals surface area contributed by atoms with Crippen molar-refractivity contribution in [3.63, 3.8) is 0 Å². The zero-order chi connectivity index (χ0) is 11.5. The first-order valence-electron chi connectivity index (χ1n) is 4.90. The third-order valence-corrected chi connectivity index (χ3v) is 2.77. The van der Waals surface area contributed by atoms with E-state index in [2.05, 4.69) is 10.3 Å². The number of nitrogens with zero attached hydrogens (tertiary/aromatic N) is 1. The Kier molecular flexibility index (Phi) is 3.26. The first-order chi connectivity index (χ1) is 7.68. The number of rotatable bonds is 3. The number of ether oxygens (including phenoxy) is 1. The summed E-state index contributed by atoms with van der Waals surface area (Å²) in [7, 11) is 0. The van der Waals surface area contributed by atoms with Crippen molar-refractivity contribution in [3.05, 3.63) is 22.8 Å². The van der Waals surface area contributed by atoms with Gasteiger partial charge >= 0.3 is 5.97 Å². The quantitative estimate of drug-likeness (QED) is 0.843. The van der Waals surface area contributed by atoms with E-state index in [1.165, 1.54) is 12.3 Å². The van der Waals surface area contributed by atoms with Gasteiger partial charge in [-0.25, -0.2) is 9.78 Å². The van der Waals surface area contributed by atoms with Crippen molar-refractivity contribution in [2.24, 2.45) is 0 Å². The molecule has 0 aliphatic carbocycles. The van der Waals surface area contributed by atoms with Gasteiger partial charge in [0.1, 0.15) is 5.82 Å². The molecule has 86 valence electrons. The Hall–Kier alpha value is -1.33. The molecule has 2 N–H and O–H groups in total. The molecule has 2 rings (SSSR count). The van der Waals surface area contributed by atoms with Gasteiger partial charge in [0.2, 0.25) is 0 Å². The third-order valence-electron chi connectivity index (χ3n) is 2.39. The molecule has 0 saturated carbocycles. The molecule has 0 spiro atoms. The van der Waals surface area contributed by atoms with E-state index in [9.17, 15) is 4.79 Å². The minimum Gasteiger partial charge on any atom is -0.478 e. The van der Waals surface area contributed by atoms with Gasteiger partial charge in [0.05, 0.1) is 23.2 Å². The maximum atomic E-state index is 10.8. The number of anilines is 1. The molecule has 1 fully saturated rings. The highest BCUT2D eigenvalue weighted by atomic mass is 35.5. The van der Waals surface area contributed by atoms with Gasteiger partial charge in [0.15, 0.2) is 0 Å². The molecular weight excluding hydrogens is 232 g/mol. The lowest BCUT2D eigenvalue weighted by Gasteiger charge is -2.13. The topological polar surface area (TPSA) is 71.5 Å². The Labute approximate surface area is 97.4 Å². The van der Waals surface area contributed by atoms with Gasteiger partial charge in [-0.3, -0.25) is 0 Å². The van der Waals surface area contributed by atoms with Gasteiger partial charge in [-0.2, -0.15) is 0 Å². The number of hydrogen-bond donors (Lipinski definition) is 2. The Morgan fingerprint density at radius 2 is 2.50 bits per heavy atom. The van der Waals surface area contributed by atoms with Crippen molar-refractivity contribution < 1.29 is 14.6 Å². The Bertz CT molecular complexity index is 405. The van der Waals surface area contributed by atoms with Crippen LogP contribution in [0.2, 0.25) is 5.02 Å². The smallest absolute Gasteiger partial charge is 0.337 e. The molecule has 0 bridgehead atoms. The summed E-state index contributed by atoms with van der Waals surface area (Å²) < 4.78 is 5.20. The number of pyridine rings is 1. The van der Waals surface area contributed by atoms with E-state index in [0.717, 1.165) is 6.42 Å². The van der Waals surface area contributed by atoms with Crippen LogP contribution in [0.4, 0.5) is 5.82 Å². The molecule has 2 heterocycles. The number of hydrogen-bond acceptors (Lipinski definition) is 4. The number of aromatic carboxylic acids is 1. The first-order valence-corrected chi connectivity index (χ1v) is 5.28. The molecule has 1 aliphatic heterocycles. The van der Waals surface area contributed by atoms with Crippen molar-refractivity contribution in [1.82, 2.24) is 4.98 Å². The zero-order valence-electron chi connectivity index (χ0n) is 8.44. The number of carboxylic acid groups (broad SMARTS) is 1. The van der Waals surface area contributed by atoms with Crippen molar-refractivity contribution in [2.75, 3.05) is 18.5 Å². The normalized spacial score (nSPS) is 19.7. The Morgan fingerprint density at radius 1 is 1.69 bits per heavy atom. The van der Waals surface area contributed by atoms with E-state index in [-0.39, 0.29) is 16.6 Å². The molecule has 6 heteroatoms. The number of carbonyl (C=O) groups is 1. The summed E-state index contributed by atoms with van der Waals surface area (Å²) in [5, 5.41) is 12.1. The molecule has 0 aromatic carbocycles. The summed E-state index contributed by atoms with van der Waals surface area (Å²) >= 11 is 5.94. The van der Waals surface area contributed by atoms with Crippen LogP contribution in [0.25, 0.3) is 0 Å². The lowest BCUT2D eigenvalue weighted by molar-refractivity contribution is 0.0697. The molecule has 1 aromatic rings. The second-order valence-electron chi connectivity index (χ2n) is 3.53. The highest BCUT2D eigenvalue weighted by molar-refractivity contribution is 6.35. The fourth-order valence-corrected chi connectivity index (χ4v) is 1.80. The summed E-state index contributed by atoms with van der Waals surface area (Å²) in [6.45, 7) is 1.29. The maximum Gasteiger partial charge on any atom is 0.337 e. The summed E-state index contributed by atoms with van der Waals surface area (Å²) in [4.78, 5) is 14.9. The lowest BCUT2D eigenvalue weighted by atomic mass is 10.2. The minimum atomic E-state index is -1.06. The predicted molar refractivity (Wildman–Crippen MR) is 59.1 cm³/mol. The van der Waals surface area contributed by atoms with Crippen molar-refractivity contribution >= 4 is 23.4 Å². The van der Waals surface area contributed by atoms with E-state index in [1.807, 2.05) is 0 Å². The molecule has 1 unspecified atom stereocenters. The molecule has 0 amide bonds. The Balaban J connectivity index is 2.20. The van der Waals surface area contributed by atoms with Crippen molar-refractivity contribution in [3.8, 4) is 0 Å². The molecule has 1 aliphatic rings. The van der Waals surface area contributed by atoms with Gasteiger partial charge in [-0.15, -0.1) is 0 Å². The highest BCUT2D eigenvalue weighted by Crippen LogP contribution is 2.25. The average molecular weight is 243 g/mol. The van der Waals surface area contributed by atoms with Gasteiger partial charge < -0.3 is 15.2 Å². The van der Waals surface area contributed by atoms with E-state index in [1.54, 1.807) is 0 Å². The molecule has 1 saturated heterocycles. The monoisotopic (exact) mass is 242 g/mol. The van der Waals surface area contributed by atoms with Gasteiger partial charge in [0, 0.05) is 12.8 Å². The SMILES string of the molecule is O=C(O)c1ccnc(NC2CCOC2)c1Cl. The van der Waals surface area contributed by atoms with Crippen LogP contribution < -0.4 is 5.32 Å². The van der Waals surface area contributed by atoms with E-state index >= 15 is 0 Å². The lowest BCUT2D eigenvalue weighted by Crippen LogP contribution is -2.20. The zero-order valence-corrected chi connectivity index (χ0v) is 9.20. The second kappa shape index (κ2) is 4.67. The number of carboxylic acids is 1. The molecule has 1 aromatic heterocycles. The molecule has 5 nitrogen and oxygen atoms in total. The number of nitrogens with one attached hydrogen (secondary N) is 1. The Morgan fingerprint density at radius 3 is 3.12 bits per heavy atom. The third kappa shape index (κ3) is 2.25. The van der Waals surface area contributed by atoms with E-state index < -0.39 is 5.97 Å². The summed E-state index contributed by atoms with van der Waals surface area (Å²) in [6.07, 6.45) is 2.29. The number of aromatic nitrogens is 1. The van der Waals surface area contributed by atoms with E-state index in [0.29, 0.717) is 19.0 Å². The van der Waals surface area contributed by atoms with Gasteiger partial charge in [0.25, 0.3) is 0 Å². The minimum absolute atomic E-state index is 0.0538. The van der Waals surface area contributed by atoms with Gasteiger partial charge in [-0.05, 0) is 12.5 Å². The summed E-state index contributed by atoms with van der Waals surface area (Å²) in [6, 6.07) is 1.52. The molecule has 0 radical (unpaired) electrons. The molecule has 16 heavy (non-hydrogen) atoms. The average Bonchev–Trinajstić information content (AvgIpc) is 2.73. The molecular formula is C10H11ClN2O3. The second-order valence-corrected chi connectivity index (χ2v) is 3.91. The summed E-state index contributed by atoms with van der Waals surface area (Å²) in [5.41, 5.74) is 0.0538. The first kappa shape index (κ1) is 11.2. The standard InChI is InChI=1S/C10H11ClN2O3/c11-8-7(10(14)15)1-3-12-9(8)13-6-2-4-16-5-6/h1,3,6H,2,4-5H2,(H,12,13)(H,14,15). The van der Waals surface area contributed by atoms with Crippen LogP contribution in [0, 0.1) is 0 Å². The fraction of sp³-hybridized carbons (Fsp3) is 0.400. The van der Waals surface area contributed by atoms with Gasteiger partial charge in [-0.1, -0.05) is 11.6 Å². The highest BCUT2D eigenvalue weighted by Gasteiger charge is 2.19. The predicted octanol–water partition coefficient (Wildman–Crippen LogP) is 1.63. The van der Waals surface area contributed by atoms with Crippen LogP contribution in [0.15, 0.2) is 12.3 Å². The largest absolute Gasteiger partial charge is 0.478 e. The van der Waals surface area contributed by atoms with E-state index in [4.69, 9.17) is 21.4 Å². The maximum absolute atomic E-state index is 10.8. The van der Waals surface area contributed by atoms with Crippen LogP contribution in [0.3, 0.4) is 0 Å². The van der Waals surface area contributed by atoms with Crippen molar-refractivity contribution in [2.45, 2.75) is 12.5 Å². The fourth-order valence-electron chi connectivity index (χ4n) is 1.55. The van der Waals surface area contributed by atoms with Crippen LogP contribution in [-0.2, 0) is 4.74 Å². The van der Waals surface area contributed by atoms with Crippen LogP contribution in [0.5, 0.6) is 0 Å². The van der Waals surface area contributed by atoms with Crippen molar-refractivity contribution in [1.29, 1.82) is 0 Å². The molecule has 1 atom stereocenters. The van der Waals surface area contributed by atoms with Crippen LogP contribution >= 0.6 is 11.6 Å².